The molecule has 1 saturated carbocycles. The van der Waals surface area contributed by atoms with Gasteiger partial charge in [0.15, 0.2) is 0 Å². The number of hydrogen-bond acceptors (Lipinski definition) is 2. The summed E-state index contributed by atoms with van der Waals surface area (Å²) in [5.74, 6) is 0.257. The van der Waals surface area contributed by atoms with Crippen LogP contribution < -0.4 is 11.1 Å². The zero-order chi connectivity index (χ0) is 13.3. The molecule has 0 aromatic heterocycles. The lowest BCUT2D eigenvalue weighted by molar-refractivity contribution is 0.0943. The lowest BCUT2D eigenvalue weighted by Gasteiger charge is -2.17. The maximum absolute atomic E-state index is 12.2. The fraction of sp³-hybridized carbons (Fsp3) is 0.385. The molecule has 0 heterocycles. The lowest BCUT2D eigenvalue weighted by atomic mass is 10.1. The van der Waals surface area contributed by atoms with Gasteiger partial charge in [-0.05, 0) is 49.4 Å². The summed E-state index contributed by atoms with van der Waals surface area (Å²) < 4.78 is 0. The van der Waals surface area contributed by atoms with E-state index in [4.69, 9.17) is 29.6 Å². The molecule has 0 saturated heterocycles. The number of thiocarbonyl (C=S) groups is 1. The number of rotatable bonds is 4. The van der Waals surface area contributed by atoms with Crippen LogP contribution in [0, 0.1) is 12.8 Å². The van der Waals surface area contributed by atoms with Gasteiger partial charge in [-0.1, -0.05) is 23.8 Å². The first kappa shape index (κ1) is 13.3. The zero-order valence-corrected chi connectivity index (χ0v) is 11.6. The predicted octanol–water partition coefficient (Wildman–Crippen LogP) is 2.44. The number of nitrogens with one attached hydrogen (secondary N) is 1. The van der Waals surface area contributed by atoms with Gasteiger partial charge < -0.3 is 11.1 Å². The summed E-state index contributed by atoms with van der Waals surface area (Å²) in [6.45, 7) is 1.85. The second-order valence-electron chi connectivity index (χ2n) is 4.65. The van der Waals surface area contributed by atoms with Gasteiger partial charge >= 0.3 is 0 Å². The molecule has 1 aliphatic rings. The fourth-order valence-corrected chi connectivity index (χ4v) is 2.43. The summed E-state index contributed by atoms with van der Waals surface area (Å²) >= 11 is 10.9. The lowest BCUT2D eigenvalue weighted by Crippen LogP contribution is -2.45. The minimum atomic E-state index is -0.192. The number of carbonyl (C=O) groups excluding carboxylic acids is 1. The molecule has 1 aromatic rings. The Labute approximate surface area is 117 Å². The Morgan fingerprint density at radius 2 is 2.22 bits per heavy atom. The molecule has 0 bridgehead atoms. The third-order valence-corrected chi connectivity index (χ3v) is 3.61. The van der Waals surface area contributed by atoms with Gasteiger partial charge in [-0.25, -0.2) is 0 Å². The quantitative estimate of drug-likeness (QED) is 0.834. The standard InChI is InChI=1S/C13H15ClN2OS/c1-7-6-9(14)4-5-10(7)13(17)16-11(12(15)18)8-2-3-8/h4-6,8,11H,2-3H2,1H3,(H2,15,18)(H,16,17). The van der Waals surface area contributed by atoms with Crippen molar-refractivity contribution in [3.05, 3.63) is 34.3 Å². The molecule has 0 radical (unpaired) electrons. The van der Waals surface area contributed by atoms with Gasteiger partial charge in [0.05, 0.1) is 11.0 Å². The summed E-state index contributed by atoms with van der Waals surface area (Å²) in [4.78, 5) is 12.5. The molecule has 5 heteroatoms. The van der Waals surface area contributed by atoms with E-state index in [1.54, 1.807) is 18.2 Å². The van der Waals surface area contributed by atoms with E-state index in [0.29, 0.717) is 21.5 Å². The Bertz CT molecular complexity index is 500. The summed E-state index contributed by atoms with van der Waals surface area (Å²) in [5, 5.41) is 3.53. The topological polar surface area (TPSA) is 55.1 Å². The SMILES string of the molecule is Cc1cc(Cl)ccc1C(=O)NC(C(N)=S)C1CC1. The Hall–Kier alpha value is -1.13. The molecular weight excluding hydrogens is 268 g/mol. The second kappa shape index (κ2) is 5.24. The van der Waals surface area contributed by atoms with E-state index in [2.05, 4.69) is 5.32 Å². The molecule has 96 valence electrons. The van der Waals surface area contributed by atoms with Crippen LogP contribution in [0.25, 0.3) is 0 Å². The number of amides is 1. The molecule has 3 nitrogen and oxygen atoms in total. The first-order chi connectivity index (χ1) is 8.49. The third kappa shape index (κ3) is 3.00. The Morgan fingerprint density at radius 1 is 1.56 bits per heavy atom. The summed E-state index contributed by atoms with van der Waals surface area (Å²) in [5.41, 5.74) is 7.12. The molecule has 1 aromatic carbocycles. The van der Waals surface area contributed by atoms with Crippen molar-refractivity contribution < 1.29 is 4.79 Å². The highest BCUT2D eigenvalue weighted by atomic mass is 35.5. The van der Waals surface area contributed by atoms with E-state index in [9.17, 15) is 4.79 Å². The van der Waals surface area contributed by atoms with Gasteiger partial charge in [0.1, 0.15) is 0 Å². The van der Waals surface area contributed by atoms with Crippen LogP contribution in [-0.2, 0) is 0 Å². The van der Waals surface area contributed by atoms with E-state index in [1.807, 2.05) is 6.92 Å². The number of carbonyl (C=O) groups is 1. The Kier molecular flexibility index (Phi) is 3.88. The second-order valence-corrected chi connectivity index (χ2v) is 5.56. The highest BCUT2D eigenvalue weighted by Gasteiger charge is 2.34. The fourth-order valence-electron chi connectivity index (χ4n) is 1.95. The molecule has 1 fully saturated rings. The van der Waals surface area contributed by atoms with E-state index < -0.39 is 0 Å². The zero-order valence-electron chi connectivity index (χ0n) is 10.1. The Balaban J connectivity index is 2.13. The van der Waals surface area contributed by atoms with Crippen molar-refractivity contribution >= 4 is 34.7 Å². The minimum absolute atomic E-state index is 0.145. The first-order valence-electron chi connectivity index (χ1n) is 5.85. The molecule has 18 heavy (non-hydrogen) atoms. The van der Waals surface area contributed by atoms with Crippen molar-refractivity contribution in [2.45, 2.75) is 25.8 Å². The number of nitrogens with two attached hydrogens (primary N) is 1. The van der Waals surface area contributed by atoms with Gasteiger partial charge in [-0.3, -0.25) is 4.79 Å². The van der Waals surface area contributed by atoms with Crippen LogP contribution in [-0.4, -0.2) is 16.9 Å². The number of benzene rings is 1. The molecule has 2 rings (SSSR count). The van der Waals surface area contributed by atoms with E-state index in [-0.39, 0.29) is 11.9 Å². The molecule has 1 unspecified atom stereocenters. The molecule has 0 spiro atoms. The van der Waals surface area contributed by atoms with Crippen LogP contribution in [0.15, 0.2) is 18.2 Å². The maximum atomic E-state index is 12.2. The van der Waals surface area contributed by atoms with Crippen LogP contribution in [0.4, 0.5) is 0 Å². The van der Waals surface area contributed by atoms with Gasteiger partial charge in [0, 0.05) is 10.6 Å². The normalized spacial score (nSPS) is 16.1. The molecular formula is C13H15ClN2OS. The summed E-state index contributed by atoms with van der Waals surface area (Å²) in [6, 6.07) is 5.00. The molecule has 1 atom stereocenters. The Morgan fingerprint density at radius 3 is 2.72 bits per heavy atom. The van der Waals surface area contributed by atoms with Crippen molar-refractivity contribution in [2.24, 2.45) is 11.7 Å². The van der Waals surface area contributed by atoms with Gasteiger partial charge in [-0.2, -0.15) is 0 Å². The van der Waals surface area contributed by atoms with Crippen molar-refractivity contribution in [2.75, 3.05) is 0 Å². The van der Waals surface area contributed by atoms with Crippen LogP contribution in [0.5, 0.6) is 0 Å². The van der Waals surface area contributed by atoms with E-state index in [0.717, 1.165) is 18.4 Å². The molecule has 3 N–H and O–H groups in total. The molecule has 0 aliphatic heterocycles. The first-order valence-corrected chi connectivity index (χ1v) is 6.64. The van der Waals surface area contributed by atoms with Crippen LogP contribution in [0.3, 0.4) is 0 Å². The average molecular weight is 283 g/mol. The van der Waals surface area contributed by atoms with E-state index >= 15 is 0 Å². The van der Waals surface area contributed by atoms with Gasteiger partial charge in [0.25, 0.3) is 5.91 Å². The monoisotopic (exact) mass is 282 g/mol. The maximum Gasteiger partial charge on any atom is 0.252 e. The van der Waals surface area contributed by atoms with Crippen molar-refractivity contribution in [3.8, 4) is 0 Å². The smallest absolute Gasteiger partial charge is 0.252 e. The van der Waals surface area contributed by atoms with Gasteiger partial charge in [0.2, 0.25) is 0 Å². The highest BCUT2D eigenvalue weighted by Crippen LogP contribution is 2.33. The van der Waals surface area contributed by atoms with Crippen LogP contribution in [0.2, 0.25) is 5.02 Å². The van der Waals surface area contributed by atoms with Crippen molar-refractivity contribution in [1.29, 1.82) is 0 Å². The summed E-state index contributed by atoms with van der Waals surface area (Å²) in [7, 11) is 0. The molecule has 1 aliphatic carbocycles. The minimum Gasteiger partial charge on any atom is -0.392 e. The van der Waals surface area contributed by atoms with Crippen molar-refractivity contribution in [3.63, 3.8) is 0 Å². The van der Waals surface area contributed by atoms with Gasteiger partial charge in [-0.15, -0.1) is 0 Å². The number of halogens is 1. The predicted molar refractivity (Wildman–Crippen MR) is 77.0 cm³/mol. The van der Waals surface area contributed by atoms with Crippen molar-refractivity contribution in [1.82, 2.24) is 5.32 Å². The number of hydrogen-bond donors (Lipinski definition) is 2. The summed E-state index contributed by atoms with van der Waals surface area (Å²) in [6.07, 6.45) is 2.14. The van der Waals surface area contributed by atoms with Crippen LogP contribution >= 0.6 is 23.8 Å². The molecule has 1 amide bonds. The largest absolute Gasteiger partial charge is 0.392 e. The van der Waals surface area contributed by atoms with Crippen LogP contribution in [0.1, 0.15) is 28.8 Å². The third-order valence-electron chi connectivity index (χ3n) is 3.12. The average Bonchev–Trinajstić information content (AvgIpc) is 3.08. The number of aryl methyl sites for hydroxylation is 1. The highest BCUT2D eigenvalue weighted by molar-refractivity contribution is 7.80. The van der Waals surface area contributed by atoms with E-state index in [1.165, 1.54) is 0 Å².